The number of hydrogen-bond donors (Lipinski definition) is 0. The Kier molecular flexibility index (Phi) is 2.78. The van der Waals surface area contributed by atoms with Crippen LogP contribution in [0.4, 0.5) is 0 Å². The van der Waals surface area contributed by atoms with E-state index in [0.717, 1.165) is 18.8 Å². The maximum atomic E-state index is 12.2. The number of amides is 1. The number of carbonyl (C=O) groups excluding carboxylic acids is 1. The minimum atomic E-state index is 0.174. The summed E-state index contributed by atoms with van der Waals surface area (Å²) in [5, 5.41) is 0. The highest BCUT2D eigenvalue weighted by Crippen LogP contribution is 2.23. The van der Waals surface area contributed by atoms with Crippen LogP contribution in [-0.4, -0.2) is 28.0 Å². The molecule has 1 aliphatic rings. The molecule has 1 aliphatic heterocycles. The average Bonchev–Trinajstić information content (AvgIpc) is 2.61. The fraction of sp³-hybridized carbons (Fsp3) is 0.615. The van der Waals surface area contributed by atoms with E-state index in [2.05, 4.69) is 38.3 Å². The van der Waals surface area contributed by atoms with E-state index in [1.54, 1.807) is 0 Å². The molecule has 0 atom stereocenters. The van der Waals surface area contributed by atoms with Crippen LogP contribution in [0.2, 0.25) is 0 Å². The molecule has 1 aromatic rings. The highest BCUT2D eigenvalue weighted by molar-refractivity contribution is 5.93. The lowest BCUT2D eigenvalue weighted by atomic mass is 10.1. The van der Waals surface area contributed by atoms with Gasteiger partial charge in [0.05, 0.1) is 0 Å². The van der Waals surface area contributed by atoms with Gasteiger partial charge in [0.1, 0.15) is 5.69 Å². The Labute approximate surface area is 97.1 Å². The minimum Gasteiger partial charge on any atom is -0.339 e. The van der Waals surface area contributed by atoms with Gasteiger partial charge in [-0.25, -0.2) is 0 Å². The quantitative estimate of drug-likeness (QED) is 0.751. The van der Waals surface area contributed by atoms with Crippen molar-refractivity contribution in [2.24, 2.45) is 0 Å². The van der Waals surface area contributed by atoms with Crippen LogP contribution in [0.1, 0.15) is 49.8 Å². The summed E-state index contributed by atoms with van der Waals surface area (Å²) < 4.78 is 2.17. The molecule has 0 saturated carbocycles. The standard InChI is InChI=1S/C13H20N2O/c1-9(2)11-5-6-12-13(16)14(10(3)4)7-8-15(11)12/h5-6,9-10H,7-8H2,1-4H3. The van der Waals surface area contributed by atoms with Gasteiger partial charge in [0.2, 0.25) is 0 Å². The highest BCUT2D eigenvalue weighted by atomic mass is 16.2. The molecule has 0 spiro atoms. The van der Waals surface area contributed by atoms with Gasteiger partial charge in [0, 0.05) is 24.8 Å². The topological polar surface area (TPSA) is 25.2 Å². The highest BCUT2D eigenvalue weighted by Gasteiger charge is 2.27. The molecule has 0 fully saturated rings. The monoisotopic (exact) mass is 220 g/mol. The molecular weight excluding hydrogens is 200 g/mol. The predicted octanol–water partition coefficient (Wildman–Crippen LogP) is 2.48. The maximum absolute atomic E-state index is 12.2. The van der Waals surface area contributed by atoms with Gasteiger partial charge in [-0.3, -0.25) is 4.79 Å². The van der Waals surface area contributed by atoms with Crippen LogP contribution in [0.25, 0.3) is 0 Å². The van der Waals surface area contributed by atoms with Crippen LogP contribution >= 0.6 is 0 Å². The SMILES string of the molecule is CC(C)c1ccc2n1CCN(C(C)C)C2=O. The number of hydrogen-bond acceptors (Lipinski definition) is 1. The number of aromatic nitrogens is 1. The van der Waals surface area contributed by atoms with Crippen molar-refractivity contribution >= 4 is 5.91 Å². The minimum absolute atomic E-state index is 0.174. The summed E-state index contributed by atoms with van der Waals surface area (Å²) in [6.07, 6.45) is 0. The second-order valence-corrected chi connectivity index (χ2v) is 5.04. The van der Waals surface area contributed by atoms with E-state index >= 15 is 0 Å². The maximum Gasteiger partial charge on any atom is 0.270 e. The Morgan fingerprint density at radius 2 is 1.81 bits per heavy atom. The molecule has 0 saturated heterocycles. The van der Waals surface area contributed by atoms with Crippen LogP contribution in [0.5, 0.6) is 0 Å². The third-order valence-electron chi connectivity index (χ3n) is 3.27. The molecule has 1 aromatic heterocycles. The molecule has 1 amide bonds. The molecule has 0 unspecified atom stereocenters. The van der Waals surface area contributed by atoms with E-state index in [1.165, 1.54) is 5.69 Å². The van der Waals surface area contributed by atoms with Gasteiger partial charge in [-0.15, -0.1) is 0 Å². The van der Waals surface area contributed by atoms with Crippen molar-refractivity contribution < 1.29 is 4.79 Å². The molecule has 0 bridgehead atoms. The molecule has 2 heterocycles. The largest absolute Gasteiger partial charge is 0.339 e. The van der Waals surface area contributed by atoms with Crippen molar-refractivity contribution in [1.82, 2.24) is 9.47 Å². The van der Waals surface area contributed by atoms with Crippen LogP contribution < -0.4 is 0 Å². The van der Waals surface area contributed by atoms with Crippen LogP contribution in [0, 0.1) is 0 Å². The van der Waals surface area contributed by atoms with E-state index in [4.69, 9.17) is 0 Å². The Morgan fingerprint density at radius 1 is 1.12 bits per heavy atom. The summed E-state index contributed by atoms with van der Waals surface area (Å²) in [4.78, 5) is 14.1. The first kappa shape index (κ1) is 11.2. The Balaban J connectivity index is 2.37. The lowest BCUT2D eigenvalue weighted by molar-refractivity contribution is 0.0647. The van der Waals surface area contributed by atoms with Crippen molar-refractivity contribution in [2.75, 3.05) is 6.54 Å². The van der Waals surface area contributed by atoms with Gasteiger partial charge >= 0.3 is 0 Å². The Bertz CT molecular complexity index is 404. The average molecular weight is 220 g/mol. The summed E-state index contributed by atoms with van der Waals surface area (Å²) >= 11 is 0. The van der Waals surface area contributed by atoms with Crippen molar-refractivity contribution in [1.29, 1.82) is 0 Å². The third-order valence-corrected chi connectivity index (χ3v) is 3.27. The number of rotatable bonds is 2. The second kappa shape index (κ2) is 3.96. The summed E-state index contributed by atoms with van der Waals surface area (Å²) in [6, 6.07) is 4.34. The zero-order valence-corrected chi connectivity index (χ0v) is 10.5. The van der Waals surface area contributed by atoms with Gasteiger partial charge in [-0.2, -0.15) is 0 Å². The van der Waals surface area contributed by atoms with Gasteiger partial charge < -0.3 is 9.47 Å². The molecular formula is C13H20N2O. The van der Waals surface area contributed by atoms with E-state index in [-0.39, 0.29) is 5.91 Å². The first-order valence-corrected chi connectivity index (χ1v) is 6.02. The van der Waals surface area contributed by atoms with Crippen molar-refractivity contribution in [3.8, 4) is 0 Å². The fourth-order valence-electron chi connectivity index (χ4n) is 2.37. The summed E-state index contributed by atoms with van der Waals surface area (Å²) in [5.74, 6) is 0.653. The molecule has 16 heavy (non-hydrogen) atoms. The smallest absolute Gasteiger partial charge is 0.270 e. The summed E-state index contributed by atoms with van der Waals surface area (Å²) in [6.45, 7) is 10.2. The van der Waals surface area contributed by atoms with E-state index in [1.807, 2.05) is 11.0 Å². The lowest BCUT2D eigenvalue weighted by Gasteiger charge is -2.32. The van der Waals surface area contributed by atoms with Gasteiger partial charge in [0.15, 0.2) is 0 Å². The first-order valence-electron chi connectivity index (χ1n) is 6.02. The van der Waals surface area contributed by atoms with Crippen LogP contribution in [-0.2, 0) is 6.54 Å². The first-order chi connectivity index (χ1) is 7.52. The van der Waals surface area contributed by atoms with Crippen molar-refractivity contribution in [3.05, 3.63) is 23.5 Å². The fourth-order valence-corrected chi connectivity index (χ4v) is 2.37. The molecule has 0 radical (unpaired) electrons. The normalized spacial score (nSPS) is 16.1. The second-order valence-electron chi connectivity index (χ2n) is 5.04. The number of carbonyl (C=O) groups is 1. The van der Waals surface area contributed by atoms with Gasteiger partial charge in [-0.1, -0.05) is 13.8 Å². The molecule has 2 rings (SSSR count). The van der Waals surface area contributed by atoms with E-state index in [9.17, 15) is 4.79 Å². The van der Waals surface area contributed by atoms with Crippen molar-refractivity contribution in [2.45, 2.75) is 46.2 Å². The molecule has 0 aliphatic carbocycles. The van der Waals surface area contributed by atoms with Crippen molar-refractivity contribution in [3.63, 3.8) is 0 Å². The van der Waals surface area contributed by atoms with Gasteiger partial charge in [-0.05, 0) is 31.9 Å². The molecule has 3 nitrogen and oxygen atoms in total. The third kappa shape index (κ3) is 1.64. The number of fused-ring (bicyclic) bond motifs is 1. The zero-order valence-electron chi connectivity index (χ0n) is 10.5. The predicted molar refractivity (Wildman–Crippen MR) is 64.7 cm³/mol. The zero-order chi connectivity index (χ0) is 11.9. The lowest BCUT2D eigenvalue weighted by Crippen LogP contribution is -2.44. The van der Waals surface area contributed by atoms with Crippen LogP contribution in [0.3, 0.4) is 0 Å². The van der Waals surface area contributed by atoms with E-state index in [0.29, 0.717) is 12.0 Å². The Hall–Kier alpha value is -1.25. The molecule has 0 aromatic carbocycles. The Morgan fingerprint density at radius 3 is 2.38 bits per heavy atom. The van der Waals surface area contributed by atoms with Crippen LogP contribution in [0.15, 0.2) is 12.1 Å². The number of nitrogens with zero attached hydrogens (tertiary/aromatic N) is 2. The molecule has 3 heteroatoms. The molecule has 0 N–H and O–H groups in total. The van der Waals surface area contributed by atoms with Gasteiger partial charge in [0.25, 0.3) is 5.91 Å². The summed E-state index contributed by atoms with van der Waals surface area (Å²) in [7, 11) is 0. The van der Waals surface area contributed by atoms with E-state index < -0.39 is 0 Å². The molecule has 88 valence electrons. The summed E-state index contributed by atoms with van der Waals surface area (Å²) in [5.41, 5.74) is 2.12.